The molecular weight excluding hydrogens is 400 g/mol. The number of carbonyl (C=O) groups is 1. The van der Waals surface area contributed by atoms with E-state index in [2.05, 4.69) is 39.5 Å². The van der Waals surface area contributed by atoms with Crippen molar-refractivity contribution >= 4 is 15.9 Å². The highest BCUT2D eigenvalue weighted by Crippen LogP contribution is 2.23. The van der Waals surface area contributed by atoms with Crippen molar-refractivity contribution in [3.63, 3.8) is 0 Å². The zero-order chi connectivity index (χ0) is 21.0. The molecule has 2 aliphatic heterocycles. The molecule has 0 spiro atoms. The summed E-state index contributed by atoms with van der Waals surface area (Å²) in [5, 5.41) is 3.05. The van der Waals surface area contributed by atoms with Crippen molar-refractivity contribution in [3.05, 3.63) is 59.9 Å². The first kappa shape index (κ1) is 21.0. The van der Waals surface area contributed by atoms with Crippen molar-refractivity contribution < 1.29 is 13.2 Å². The Kier molecular flexibility index (Phi) is 6.46. The third-order valence-electron chi connectivity index (χ3n) is 6.03. The van der Waals surface area contributed by atoms with Crippen LogP contribution >= 0.6 is 0 Å². The topological polar surface area (TPSA) is 82.6 Å². The van der Waals surface area contributed by atoms with Gasteiger partial charge < -0.3 is 5.32 Å². The van der Waals surface area contributed by atoms with E-state index in [1.165, 1.54) is 21.6 Å². The summed E-state index contributed by atoms with van der Waals surface area (Å²) in [6.45, 7) is 4.11. The van der Waals surface area contributed by atoms with Crippen LogP contribution in [-0.4, -0.2) is 61.2 Å². The number of hydrogen-bond donors (Lipinski definition) is 1. The van der Waals surface area contributed by atoms with Crippen LogP contribution in [0, 0.1) is 5.92 Å². The van der Waals surface area contributed by atoms with Crippen LogP contribution in [0.1, 0.15) is 24.0 Å². The van der Waals surface area contributed by atoms with Gasteiger partial charge in [0, 0.05) is 57.6 Å². The molecule has 0 bridgehead atoms. The first-order valence-corrected chi connectivity index (χ1v) is 11.9. The maximum absolute atomic E-state index is 12.7. The first-order valence-electron chi connectivity index (χ1n) is 10.5. The molecule has 4 rings (SSSR count). The molecule has 1 amide bonds. The van der Waals surface area contributed by atoms with E-state index in [9.17, 15) is 13.2 Å². The van der Waals surface area contributed by atoms with Crippen molar-refractivity contribution in [2.75, 3.05) is 32.7 Å². The quantitative estimate of drug-likeness (QED) is 0.757. The Morgan fingerprint density at radius 1 is 1.07 bits per heavy atom. The Balaban J connectivity index is 1.22. The molecule has 1 aromatic carbocycles. The standard InChI is InChI=1S/C22H28N4O3S/c27-22(24-11-15-25-12-7-18-4-1-2-5-20(18)17-25)19-8-13-26(14-9-19)30(28,29)21-6-3-10-23-16-21/h1-6,10,16,19H,7-9,11-15,17H2,(H,24,27). The maximum Gasteiger partial charge on any atom is 0.244 e. The average Bonchev–Trinajstić information content (AvgIpc) is 2.79. The van der Waals surface area contributed by atoms with E-state index >= 15 is 0 Å². The molecule has 30 heavy (non-hydrogen) atoms. The van der Waals surface area contributed by atoms with Gasteiger partial charge in [0.05, 0.1) is 0 Å². The Bertz CT molecular complexity index is 973. The summed E-state index contributed by atoms with van der Waals surface area (Å²) in [5.74, 6) is -0.0988. The van der Waals surface area contributed by atoms with Gasteiger partial charge in [-0.3, -0.25) is 14.7 Å². The molecule has 0 saturated carbocycles. The highest BCUT2D eigenvalue weighted by Gasteiger charge is 2.32. The van der Waals surface area contributed by atoms with E-state index < -0.39 is 10.0 Å². The van der Waals surface area contributed by atoms with Crippen LogP contribution in [0.2, 0.25) is 0 Å². The lowest BCUT2D eigenvalue weighted by Crippen LogP contribution is -2.44. The van der Waals surface area contributed by atoms with Gasteiger partial charge in [-0.1, -0.05) is 24.3 Å². The number of amides is 1. The summed E-state index contributed by atoms with van der Waals surface area (Å²) in [7, 11) is -3.53. The number of fused-ring (bicyclic) bond motifs is 1. The summed E-state index contributed by atoms with van der Waals surface area (Å²) >= 11 is 0. The maximum atomic E-state index is 12.7. The molecule has 0 unspecified atom stereocenters. The van der Waals surface area contributed by atoms with Gasteiger partial charge in [-0.05, 0) is 42.5 Å². The predicted octanol–water partition coefficient (Wildman–Crippen LogP) is 1.66. The largest absolute Gasteiger partial charge is 0.355 e. The molecule has 7 nitrogen and oxygen atoms in total. The van der Waals surface area contributed by atoms with Crippen molar-refractivity contribution in [3.8, 4) is 0 Å². The highest BCUT2D eigenvalue weighted by molar-refractivity contribution is 7.89. The number of nitrogens with zero attached hydrogens (tertiary/aromatic N) is 3. The van der Waals surface area contributed by atoms with Gasteiger partial charge in [0.2, 0.25) is 15.9 Å². The molecule has 3 heterocycles. The molecule has 160 valence electrons. The molecule has 2 aliphatic rings. The second kappa shape index (κ2) is 9.24. The summed E-state index contributed by atoms with van der Waals surface area (Å²) in [6, 6.07) is 11.7. The van der Waals surface area contributed by atoms with Gasteiger partial charge in [0.1, 0.15) is 4.90 Å². The van der Waals surface area contributed by atoms with Crippen LogP contribution in [0.5, 0.6) is 0 Å². The second-order valence-corrected chi connectivity index (χ2v) is 9.89. The van der Waals surface area contributed by atoms with Crippen LogP contribution < -0.4 is 5.32 Å². The van der Waals surface area contributed by atoms with E-state index in [4.69, 9.17) is 0 Å². The number of carbonyl (C=O) groups excluding carboxylic acids is 1. The lowest BCUT2D eigenvalue weighted by atomic mass is 9.97. The van der Waals surface area contributed by atoms with Gasteiger partial charge in [-0.25, -0.2) is 8.42 Å². The SMILES string of the molecule is O=C(NCCN1CCc2ccccc2C1)C1CCN(S(=O)(=O)c2cccnc2)CC1. The van der Waals surface area contributed by atoms with E-state index in [0.717, 1.165) is 26.1 Å². The second-order valence-electron chi connectivity index (χ2n) is 7.95. The van der Waals surface area contributed by atoms with Gasteiger partial charge >= 0.3 is 0 Å². The molecule has 0 radical (unpaired) electrons. The molecule has 1 N–H and O–H groups in total. The fraction of sp³-hybridized carbons (Fsp3) is 0.455. The average molecular weight is 429 g/mol. The summed E-state index contributed by atoms with van der Waals surface area (Å²) < 4.78 is 26.8. The van der Waals surface area contributed by atoms with Crippen molar-refractivity contribution in [1.29, 1.82) is 0 Å². The Labute approximate surface area is 178 Å². The minimum absolute atomic E-state index is 0.0332. The zero-order valence-corrected chi connectivity index (χ0v) is 17.9. The van der Waals surface area contributed by atoms with Crippen LogP contribution in [0.25, 0.3) is 0 Å². The zero-order valence-electron chi connectivity index (χ0n) is 17.0. The fourth-order valence-electron chi connectivity index (χ4n) is 4.23. The van der Waals surface area contributed by atoms with Crippen LogP contribution in [0.4, 0.5) is 0 Å². The van der Waals surface area contributed by atoms with E-state index in [0.29, 0.717) is 32.5 Å². The summed E-state index contributed by atoms with van der Waals surface area (Å²) in [6.07, 6.45) is 5.06. The molecule has 1 saturated heterocycles. The third kappa shape index (κ3) is 4.71. The summed E-state index contributed by atoms with van der Waals surface area (Å²) in [5.41, 5.74) is 2.79. The van der Waals surface area contributed by atoms with Crippen LogP contribution in [0.15, 0.2) is 53.7 Å². The molecule has 0 aliphatic carbocycles. The highest BCUT2D eigenvalue weighted by atomic mass is 32.2. The molecule has 8 heteroatoms. The van der Waals surface area contributed by atoms with Crippen molar-refractivity contribution in [2.24, 2.45) is 5.92 Å². The van der Waals surface area contributed by atoms with E-state index in [-0.39, 0.29) is 16.7 Å². The van der Waals surface area contributed by atoms with Gasteiger partial charge in [0.25, 0.3) is 0 Å². The number of sulfonamides is 1. The van der Waals surface area contributed by atoms with Crippen LogP contribution in [0.3, 0.4) is 0 Å². The predicted molar refractivity (Wildman–Crippen MR) is 114 cm³/mol. The first-order chi connectivity index (χ1) is 14.5. The number of nitrogens with one attached hydrogen (secondary N) is 1. The fourth-order valence-corrected chi connectivity index (χ4v) is 5.67. The smallest absolute Gasteiger partial charge is 0.244 e. The minimum Gasteiger partial charge on any atom is -0.355 e. The Hall–Kier alpha value is -2.29. The third-order valence-corrected chi connectivity index (χ3v) is 7.92. The Morgan fingerprint density at radius 2 is 1.83 bits per heavy atom. The number of rotatable bonds is 6. The van der Waals surface area contributed by atoms with E-state index in [1.807, 2.05) is 0 Å². The van der Waals surface area contributed by atoms with Gasteiger partial charge in [-0.15, -0.1) is 0 Å². The molecular formula is C22H28N4O3S. The Morgan fingerprint density at radius 3 is 2.57 bits per heavy atom. The normalized spacial score (nSPS) is 18.7. The lowest BCUT2D eigenvalue weighted by molar-refractivity contribution is -0.126. The monoisotopic (exact) mass is 428 g/mol. The van der Waals surface area contributed by atoms with E-state index in [1.54, 1.807) is 18.3 Å². The van der Waals surface area contributed by atoms with Crippen LogP contribution in [-0.2, 0) is 27.8 Å². The van der Waals surface area contributed by atoms with Gasteiger partial charge in [-0.2, -0.15) is 4.31 Å². The summed E-state index contributed by atoms with van der Waals surface area (Å²) in [4.78, 5) is 19.0. The minimum atomic E-state index is -3.53. The number of pyridine rings is 1. The number of aromatic nitrogens is 1. The number of hydrogen-bond acceptors (Lipinski definition) is 5. The lowest BCUT2D eigenvalue weighted by Gasteiger charge is -2.31. The molecule has 1 aromatic heterocycles. The number of piperidine rings is 1. The van der Waals surface area contributed by atoms with Crippen molar-refractivity contribution in [2.45, 2.75) is 30.7 Å². The number of benzene rings is 1. The molecule has 0 atom stereocenters. The van der Waals surface area contributed by atoms with Crippen molar-refractivity contribution in [1.82, 2.24) is 19.5 Å². The molecule has 1 fully saturated rings. The van der Waals surface area contributed by atoms with Gasteiger partial charge in [0.15, 0.2) is 0 Å². The molecule has 2 aromatic rings.